The number of ether oxygens (including phenoxy) is 2. The maximum Gasteiger partial charge on any atom is 0.408 e. The van der Waals surface area contributed by atoms with Gasteiger partial charge in [-0.25, -0.2) is 4.79 Å². The van der Waals surface area contributed by atoms with Crippen molar-refractivity contribution < 1.29 is 23.9 Å². The van der Waals surface area contributed by atoms with E-state index in [-0.39, 0.29) is 12.0 Å². The lowest BCUT2D eigenvalue weighted by molar-refractivity contribution is -0.118. The molecule has 1 amide bonds. The van der Waals surface area contributed by atoms with Crippen molar-refractivity contribution in [2.24, 2.45) is 0 Å². The molecule has 0 saturated carbocycles. The molecule has 7 heteroatoms. The van der Waals surface area contributed by atoms with E-state index in [0.29, 0.717) is 5.75 Å². The van der Waals surface area contributed by atoms with Gasteiger partial charge in [0.15, 0.2) is 0 Å². The molecule has 0 fully saturated rings. The normalized spacial score (nSPS) is 12.5. The second kappa shape index (κ2) is 8.63. The Labute approximate surface area is 154 Å². The van der Waals surface area contributed by atoms with Gasteiger partial charge in [-0.1, -0.05) is 12.1 Å². The van der Waals surface area contributed by atoms with Crippen LogP contribution in [0.2, 0.25) is 0 Å². The Hall–Kier alpha value is -2.66. The Morgan fingerprint density at radius 3 is 2.15 bits per heavy atom. The van der Waals surface area contributed by atoms with E-state index in [0.717, 1.165) is 11.8 Å². The molecule has 0 bridgehead atoms. The van der Waals surface area contributed by atoms with Crippen LogP contribution in [0.5, 0.6) is 5.75 Å². The summed E-state index contributed by atoms with van der Waals surface area (Å²) in [6.07, 6.45) is 0.272. The van der Waals surface area contributed by atoms with Gasteiger partial charge < -0.3 is 20.3 Å². The van der Waals surface area contributed by atoms with Crippen molar-refractivity contribution >= 4 is 18.1 Å². The lowest BCUT2D eigenvalue weighted by Gasteiger charge is -2.23. The molecule has 0 radical (unpaired) electrons. The summed E-state index contributed by atoms with van der Waals surface area (Å²) in [5, 5.41) is 2.52. The molecule has 1 aromatic carbocycles. The molecule has 0 aliphatic carbocycles. The molecule has 1 rings (SSSR count). The van der Waals surface area contributed by atoms with Gasteiger partial charge in [-0.3, -0.25) is 4.79 Å². The molecule has 0 heterocycles. The van der Waals surface area contributed by atoms with E-state index in [1.54, 1.807) is 32.9 Å². The first-order valence-electron chi connectivity index (χ1n) is 8.38. The maximum atomic E-state index is 12.1. The monoisotopic (exact) mass is 361 g/mol. The van der Waals surface area contributed by atoms with Crippen molar-refractivity contribution in [3.63, 3.8) is 0 Å². The fourth-order valence-electron chi connectivity index (χ4n) is 2.10. The average molecular weight is 361 g/mol. The molecule has 26 heavy (non-hydrogen) atoms. The summed E-state index contributed by atoms with van der Waals surface area (Å²) in [5.41, 5.74) is 8.42. The Balaban J connectivity index is 2.87. The Kier molecular flexibility index (Phi) is 7.10. The van der Waals surface area contributed by atoms with E-state index >= 15 is 0 Å². The van der Waals surface area contributed by atoms with Crippen LogP contribution in [-0.2, 0) is 16.0 Å². The third-order valence-electron chi connectivity index (χ3n) is 3.01. The van der Waals surface area contributed by atoms with Crippen molar-refractivity contribution in [1.29, 1.82) is 0 Å². The predicted octanol–water partition coefficient (Wildman–Crippen LogP) is 3.17. The second-order valence-corrected chi connectivity index (χ2v) is 7.91. The Bertz CT molecular complexity index is 678. The SMILES string of the molecule is CC(C)(C)OC(=O)NC(Cc1ccc(OC(C)(C)C)cc1)C(=O)C=[N+]=[N-]. The van der Waals surface area contributed by atoms with Crippen LogP contribution in [0, 0.1) is 0 Å². The van der Waals surface area contributed by atoms with Gasteiger partial charge in [0.05, 0.1) is 0 Å². The minimum atomic E-state index is -0.907. The number of Topliss-reactive ketones (excluding diaryl/α,β-unsaturated/α-hetero) is 1. The number of alkyl carbamates (subject to hydrolysis) is 1. The zero-order chi connectivity index (χ0) is 20.0. The smallest absolute Gasteiger partial charge is 0.408 e. The second-order valence-electron chi connectivity index (χ2n) is 7.91. The molecule has 0 aromatic heterocycles. The van der Waals surface area contributed by atoms with Gasteiger partial charge in [-0.15, -0.1) is 0 Å². The first-order valence-corrected chi connectivity index (χ1v) is 8.38. The largest absolute Gasteiger partial charge is 0.488 e. The van der Waals surface area contributed by atoms with E-state index in [4.69, 9.17) is 15.0 Å². The number of rotatable bonds is 6. The van der Waals surface area contributed by atoms with Gasteiger partial charge in [-0.05, 0) is 59.2 Å². The van der Waals surface area contributed by atoms with Gasteiger partial charge in [0.1, 0.15) is 23.0 Å². The fourth-order valence-corrected chi connectivity index (χ4v) is 2.10. The molecule has 0 aliphatic heterocycles. The van der Waals surface area contributed by atoms with Crippen LogP contribution in [0.25, 0.3) is 5.53 Å². The van der Waals surface area contributed by atoms with Crippen molar-refractivity contribution in [1.82, 2.24) is 5.32 Å². The number of carbonyl (C=O) groups excluding carboxylic acids is 2. The quantitative estimate of drug-likeness (QED) is 0.478. The lowest BCUT2D eigenvalue weighted by Crippen LogP contribution is -2.45. The van der Waals surface area contributed by atoms with Crippen molar-refractivity contribution in [2.75, 3.05) is 0 Å². The van der Waals surface area contributed by atoms with Crippen LogP contribution in [0.1, 0.15) is 47.1 Å². The van der Waals surface area contributed by atoms with E-state index in [9.17, 15) is 9.59 Å². The number of carbonyl (C=O) groups is 2. The number of nitrogens with zero attached hydrogens (tertiary/aromatic N) is 2. The summed E-state index contributed by atoms with van der Waals surface area (Å²) in [7, 11) is 0. The topological polar surface area (TPSA) is 101 Å². The van der Waals surface area contributed by atoms with Crippen LogP contribution in [0.15, 0.2) is 24.3 Å². The van der Waals surface area contributed by atoms with Crippen molar-refractivity contribution in [2.45, 2.75) is 65.2 Å². The van der Waals surface area contributed by atoms with Crippen LogP contribution < -0.4 is 10.1 Å². The minimum Gasteiger partial charge on any atom is -0.488 e. The number of amides is 1. The van der Waals surface area contributed by atoms with Gasteiger partial charge >= 0.3 is 12.3 Å². The van der Waals surface area contributed by atoms with Crippen LogP contribution in [-0.4, -0.2) is 40.1 Å². The first kappa shape index (κ1) is 21.4. The predicted molar refractivity (Wildman–Crippen MR) is 98.4 cm³/mol. The average Bonchev–Trinajstić information content (AvgIpc) is 2.45. The summed E-state index contributed by atoms with van der Waals surface area (Å²) in [4.78, 5) is 26.8. The number of benzene rings is 1. The summed E-state index contributed by atoms with van der Waals surface area (Å²) < 4.78 is 10.9. The molecule has 1 atom stereocenters. The molecular weight excluding hydrogens is 334 g/mol. The molecule has 1 unspecified atom stereocenters. The lowest BCUT2D eigenvalue weighted by atomic mass is 10.0. The Morgan fingerprint density at radius 2 is 1.69 bits per heavy atom. The molecule has 0 aliphatic rings. The minimum absolute atomic E-state index is 0.222. The summed E-state index contributed by atoms with van der Waals surface area (Å²) in [6.45, 7) is 11.0. The zero-order valence-electron chi connectivity index (χ0n) is 16.2. The number of ketones is 1. The van der Waals surface area contributed by atoms with Crippen molar-refractivity contribution in [3.05, 3.63) is 35.4 Å². The van der Waals surface area contributed by atoms with Crippen molar-refractivity contribution in [3.8, 4) is 5.75 Å². The number of nitrogens with one attached hydrogen (secondary N) is 1. The highest BCUT2D eigenvalue weighted by Gasteiger charge is 2.25. The van der Waals surface area contributed by atoms with Gasteiger partial charge in [0, 0.05) is 6.42 Å². The number of hydrogen-bond acceptors (Lipinski definition) is 4. The molecule has 1 N–H and O–H groups in total. The van der Waals surface area contributed by atoms with E-state index in [2.05, 4.69) is 10.1 Å². The molecule has 0 saturated heterocycles. The zero-order valence-corrected chi connectivity index (χ0v) is 16.2. The molecule has 142 valence electrons. The third kappa shape index (κ3) is 8.44. The maximum absolute atomic E-state index is 12.1. The molecule has 7 nitrogen and oxygen atoms in total. The third-order valence-corrected chi connectivity index (χ3v) is 3.01. The fraction of sp³-hybridized carbons (Fsp3) is 0.526. The van der Waals surface area contributed by atoms with E-state index < -0.39 is 23.5 Å². The standard InChI is InChI=1S/C19H27N3O4/c1-18(2,3)25-14-9-7-13(8-10-14)11-15(16(23)12-21-20)22-17(24)26-19(4,5)6/h7-10,12,15H,11H2,1-6H3,(H,22,24). The molecule has 1 aromatic rings. The Morgan fingerprint density at radius 1 is 1.12 bits per heavy atom. The van der Waals surface area contributed by atoms with Crippen LogP contribution in [0.4, 0.5) is 4.79 Å². The van der Waals surface area contributed by atoms with E-state index in [1.807, 2.05) is 32.9 Å². The van der Waals surface area contributed by atoms with Crippen LogP contribution in [0.3, 0.4) is 0 Å². The number of hydrogen-bond donors (Lipinski definition) is 1. The van der Waals surface area contributed by atoms with Crippen LogP contribution >= 0.6 is 0 Å². The highest BCUT2D eigenvalue weighted by Crippen LogP contribution is 2.19. The van der Waals surface area contributed by atoms with E-state index in [1.165, 1.54) is 0 Å². The molecule has 0 spiro atoms. The molecular formula is C19H27N3O4. The van der Waals surface area contributed by atoms with Gasteiger partial charge in [-0.2, -0.15) is 4.79 Å². The summed E-state index contributed by atoms with van der Waals surface area (Å²) in [6, 6.07) is 6.32. The van der Waals surface area contributed by atoms with Gasteiger partial charge in [0.25, 0.3) is 5.78 Å². The summed E-state index contributed by atoms with van der Waals surface area (Å²) >= 11 is 0. The van der Waals surface area contributed by atoms with Gasteiger partial charge in [0.2, 0.25) is 0 Å². The highest BCUT2D eigenvalue weighted by atomic mass is 16.6. The highest BCUT2D eigenvalue weighted by molar-refractivity contribution is 6.28. The summed E-state index contributed by atoms with van der Waals surface area (Å²) in [5.74, 6) is 0.175. The first-order chi connectivity index (χ1) is 11.9.